The van der Waals surface area contributed by atoms with E-state index in [1.54, 1.807) is 43.9 Å². The number of hydrogen-bond acceptors (Lipinski definition) is 8. The van der Waals surface area contributed by atoms with Crippen molar-refractivity contribution in [3.05, 3.63) is 30.2 Å². The van der Waals surface area contributed by atoms with Crippen LogP contribution in [-0.4, -0.2) is 53.3 Å². The Labute approximate surface area is 176 Å². The first-order valence-electron chi connectivity index (χ1n) is 10.3. The first-order chi connectivity index (χ1) is 14.6. The van der Waals surface area contributed by atoms with Gasteiger partial charge in [0.1, 0.15) is 17.5 Å². The van der Waals surface area contributed by atoms with Gasteiger partial charge in [-0.25, -0.2) is 10.4 Å². The third-order valence-electron chi connectivity index (χ3n) is 5.76. The molecule has 1 N–H and O–H groups in total. The minimum Gasteiger partial charge on any atom is -0.495 e. The first kappa shape index (κ1) is 20.1. The number of rotatable bonds is 6. The molecule has 158 valence electrons. The van der Waals surface area contributed by atoms with Crippen molar-refractivity contribution >= 4 is 29.6 Å². The molecule has 0 radical (unpaired) electrons. The second-order valence-corrected chi connectivity index (χ2v) is 7.60. The van der Waals surface area contributed by atoms with Crippen LogP contribution in [-0.2, 0) is 4.79 Å². The number of amides is 1. The maximum Gasteiger partial charge on any atom is 0.249 e. The van der Waals surface area contributed by atoms with Crippen LogP contribution in [0.4, 0.5) is 17.5 Å². The van der Waals surface area contributed by atoms with Gasteiger partial charge in [0, 0.05) is 24.8 Å². The molecule has 1 amide bonds. The number of aromatic nitrogens is 3. The molecule has 2 aliphatic rings. The number of nitrogens with one attached hydrogen (secondary N) is 1. The van der Waals surface area contributed by atoms with Crippen molar-refractivity contribution in [1.82, 2.24) is 15.0 Å². The zero-order valence-electron chi connectivity index (χ0n) is 17.6. The molecule has 0 saturated heterocycles. The Morgan fingerprint density at radius 1 is 1.30 bits per heavy atom. The van der Waals surface area contributed by atoms with Crippen LogP contribution in [0.15, 0.2) is 29.8 Å². The zero-order chi connectivity index (χ0) is 21.1. The van der Waals surface area contributed by atoms with E-state index >= 15 is 0 Å². The van der Waals surface area contributed by atoms with Crippen molar-refractivity contribution in [2.75, 3.05) is 29.4 Å². The Bertz CT molecular complexity index is 943. The first-order valence-corrected chi connectivity index (χ1v) is 10.3. The summed E-state index contributed by atoms with van der Waals surface area (Å²) in [4.78, 5) is 30.0. The highest BCUT2D eigenvalue weighted by atomic mass is 16.5. The number of hydrogen-bond donors (Lipinski definition) is 1. The molecule has 30 heavy (non-hydrogen) atoms. The van der Waals surface area contributed by atoms with Gasteiger partial charge in [0.05, 0.1) is 25.7 Å². The van der Waals surface area contributed by atoms with E-state index < -0.39 is 0 Å². The van der Waals surface area contributed by atoms with Crippen LogP contribution in [0.1, 0.15) is 44.6 Å². The molecule has 9 heteroatoms. The van der Waals surface area contributed by atoms with Crippen molar-refractivity contribution in [2.45, 2.75) is 51.1 Å². The Morgan fingerprint density at radius 2 is 2.10 bits per heavy atom. The third kappa shape index (κ3) is 3.79. The lowest BCUT2D eigenvalue weighted by molar-refractivity contribution is -0.120. The fraction of sp³-hybridized carbons (Fsp3) is 0.476. The number of hydrazone groups is 1. The molecule has 1 aliphatic heterocycles. The predicted octanol–water partition coefficient (Wildman–Crippen LogP) is 2.83. The average molecular weight is 409 g/mol. The molecule has 0 aromatic carbocycles. The highest BCUT2D eigenvalue weighted by molar-refractivity contribution is 6.04. The molecular weight excluding hydrogens is 382 g/mol. The van der Waals surface area contributed by atoms with Gasteiger partial charge in [0.2, 0.25) is 11.9 Å². The summed E-state index contributed by atoms with van der Waals surface area (Å²) in [6.07, 6.45) is 11.9. The van der Waals surface area contributed by atoms with Crippen molar-refractivity contribution < 1.29 is 9.53 Å². The van der Waals surface area contributed by atoms with Gasteiger partial charge in [-0.2, -0.15) is 10.1 Å². The van der Waals surface area contributed by atoms with Crippen LogP contribution in [0.25, 0.3) is 0 Å². The number of anilines is 3. The largest absolute Gasteiger partial charge is 0.495 e. The summed E-state index contributed by atoms with van der Waals surface area (Å²) in [5.74, 6) is 1.95. The summed E-state index contributed by atoms with van der Waals surface area (Å²) in [5, 5.41) is 4.24. The van der Waals surface area contributed by atoms with Crippen LogP contribution in [0.5, 0.6) is 5.75 Å². The van der Waals surface area contributed by atoms with Crippen LogP contribution >= 0.6 is 0 Å². The molecule has 1 aliphatic carbocycles. The fourth-order valence-corrected chi connectivity index (χ4v) is 4.22. The molecule has 2 aromatic heterocycles. The van der Waals surface area contributed by atoms with E-state index in [1.807, 2.05) is 6.07 Å². The summed E-state index contributed by atoms with van der Waals surface area (Å²) in [7, 11) is 3.39. The zero-order valence-corrected chi connectivity index (χ0v) is 17.6. The van der Waals surface area contributed by atoms with Gasteiger partial charge in [-0.1, -0.05) is 19.8 Å². The van der Waals surface area contributed by atoms with Crippen molar-refractivity contribution in [1.29, 1.82) is 0 Å². The highest BCUT2D eigenvalue weighted by Crippen LogP contribution is 2.39. The number of methoxy groups -OCH3 is 1. The maximum absolute atomic E-state index is 12.9. The molecule has 3 heterocycles. The molecular formula is C21H27N7O2. The monoisotopic (exact) mass is 409 g/mol. The summed E-state index contributed by atoms with van der Waals surface area (Å²) in [6.45, 7) is 2.05. The molecule has 4 rings (SSSR count). The van der Waals surface area contributed by atoms with Gasteiger partial charge in [-0.15, -0.1) is 0 Å². The van der Waals surface area contributed by atoms with E-state index in [4.69, 9.17) is 9.72 Å². The second-order valence-electron chi connectivity index (χ2n) is 7.60. The Kier molecular flexibility index (Phi) is 5.78. The molecule has 1 atom stereocenters. The van der Waals surface area contributed by atoms with Crippen LogP contribution in [0, 0.1) is 0 Å². The van der Waals surface area contributed by atoms with E-state index in [9.17, 15) is 4.79 Å². The molecule has 1 unspecified atom stereocenters. The van der Waals surface area contributed by atoms with Gasteiger partial charge >= 0.3 is 0 Å². The minimum atomic E-state index is -0.195. The average Bonchev–Trinajstić information content (AvgIpc) is 3.30. The van der Waals surface area contributed by atoms with Gasteiger partial charge in [0.15, 0.2) is 5.82 Å². The van der Waals surface area contributed by atoms with E-state index in [2.05, 4.69) is 32.3 Å². The number of likely N-dealkylation sites (N-methyl/N-ethyl adjacent to an activating group) is 1. The maximum atomic E-state index is 12.9. The summed E-state index contributed by atoms with van der Waals surface area (Å²) >= 11 is 0. The molecule has 2 aromatic rings. The van der Waals surface area contributed by atoms with Crippen LogP contribution in [0.2, 0.25) is 0 Å². The van der Waals surface area contributed by atoms with Gasteiger partial charge in [0.25, 0.3) is 0 Å². The lowest BCUT2D eigenvalue weighted by atomic mass is 10.0. The number of pyridine rings is 1. The number of carbonyl (C=O) groups excluding carboxylic acids is 1. The molecule has 0 bridgehead atoms. The number of nitrogens with zero attached hydrogens (tertiary/aromatic N) is 6. The SMILES string of the molecule is CCC1C(=O)N(C)c2cnc(NN=Cc3cncc(OC)c3)nc2N1C1CCCC1. The molecule has 1 saturated carbocycles. The van der Waals surface area contributed by atoms with Crippen molar-refractivity contribution in [3.63, 3.8) is 0 Å². The van der Waals surface area contributed by atoms with Gasteiger partial charge in [-0.05, 0) is 25.3 Å². The van der Waals surface area contributed by atoms with Crippen LogP contribution in [0.3, 0.4) is 0 Å². The van der Waals surface area contributed by atoms with Gasteiger partial charge < -0.3 is 14.5 Å². The van der Waals surface area contributed by atoms with Crippen LogP contribution < -0.4 is 20.0 Å². The summed E-state index contributed by atoms with van der Waals surface area (Å²) in [5.41, 5.74) is 4.43. The van der Waals surface area contributed by atoms with E-state index in [0.29, 0.717) is 17.7 Å². The topological polar surface area (TPSA) is 95.8 Å². The quantitative estimate of drug-likeness (QED) is 0.579. The Hall–Kier alpha value is -3.23. The summed E-state index contributed by atoms with van der Waals surface area (Å²) in [6, 6.07) is 1.97. The number of fused-ring (bicyclic) bond motifs is 1. The lowest BCUT2D eigenvalue weighted by Gasteiger charge is -2.43. The van der Waals surface area contributed by atoms with Gasteiger partial charge in [-0.3, -0.25) is 9.78 Å². The minimum absolute atomic E-state index is 0.102. The third-order valence-corrected chi connectivity index (χ3v) is 5.76. The lowest BCUT2D eigenvalue weighted by Crippen LogP contribution is -2.55. The Balaban J connectivity index is 1.61. The summed E-state index contributed by atoms with van der Waals surface area (Å²) < 4.78 is 5.17. The van der Waals surface area contributed by atoms with Crippen molar-refractivity contribution in [2.24, 2.45) is 5.10 Å². The van der Waals surface area contributed by atoms with E-state index in [-0.39, 0.29) is 11.9 Å². The standard InChI is InChI=1S/C21H27N7O2/c1-4-17-20(29)27(2)18-13-23-21(25-19(18)28(17)15-7-5-6-8-15)26-24-11-14-9-16(30-3)12-22-10-14/h9-13,15,17H,4-8H2,1-3H3,(H,23,25,26). The number of carbonyl (C=O) groups is 1. The van der Waals surface area contributed by atoms with Crippen molar-refractivity contribution in [3.8, 4) is 5.75 Å². The smallest absolute Gasteiger partial charge is 0.249 e. The van der Waals surface area contributed by atoms with E-state index in [1.165, 1.54) is 12.8 Å². The fourth-order valence-electron chi connectivity index (χ4n) is 4.22. The molecule has 1 fully saturated rings. The molecule has 9 nitrogen and oxygen atoms in total. The van der Waals surface area contributed by atoms with E-state index in [0.717, 1.165) is 36.3 Å². The molecule has 0 spiro atoms. The number of ether oxygens (including phenoxy) is 1. The highest BCUT2D eigenvalue weighted by Gasteiger charge is 2.41. The normalized spacial score (nSPS) is 19.4. The second kappa shape index (κ2) is 8.64. The Morgan fingerprint density at radius 3 is 2.83 bits per heavy atom. The predicted molar refractivity (Wildman–Crippen MR) is 116 cm³/mol.